The number of sulfonamides is 1. The van der Waals surface area contributed by atoms with Crippen LogP contribution >= 0.6 is 11.6 Å². The first kappa shape index (κ1) is 19.2. The first-order valence-electron chi connectivity index (χ1n) is 8.09. The van der Waals surface area contributed by atoms with E-state index in [-0.39, 0.29) is 23.5 Å². The molecule has 0 fully saturated rings. The van der Waals surface area contributed by atoms with Gasteiger partial charge in [0, 0.05) is 22.8 Å². The van der Waals surface area contributed by atoms with Crippen LogP contribution < -0.4 is 4.72 Å². The number of aromatic nitrogens is 2. The van der Waals surface area contributed by atoms with Crippen molar-refractivity contribution in [2.24, 2.45) is 0 Å². The smallest absolute Gasteiger partial charge is 0.267 e. The normalized spacial score (nSPS) is 15.1. The van der Waals surface area contributed by atoms with Crippen LogP contribution in [0.4, 0.5) is 13.2 Å². The molecular weight excluding hydrogens is 391 g/mol. The lowest BCUT2D eigenvalue weighted by molar-refractivity contribution is -0.142. The van der Waals surface area contributed by atoms with Crippen molar-refractivity contribution in [1.82, 2.24) is 14.5 Å². The molecule has 0 spiro atoms. The fourth-order valence-corrected chi connectivity index (χ4v) is 4.21. The zero-order valence-electron chi connectivity index (χ0n) is 13.7. The highest BCUT2D eigenvalue weighted by Crippen LogP contribution is 2.35. The predicted octanol–water partition coefficient (Wildman–Crippen LogP) is 3.41. The van der Waals surface area contributed by atoms with E-state index < -0.39 is 21.9 Å². The van der Waals surface area contributed by atoms with Crippen LogP contribution in [0.15, 0.2) is 29.2 Å². The van der Waals surface area contributed by atoms with Crippen LogP contribution in [-0.4, -0.2) is 24.7 Å². The SMILES string of the molecule is O=S(=O)(NCCn1nc(C(F)(F)F)c2c1CCCC2)c1ccc(Cl)cc1. The molecule has 0 bridgehead atoms. The third-order valence-electron chi connectivity index (χ3n) is 4.26. The van der Waals surface area contributed by atoms with Crippen LogP contribution in [0, 0.1) is 0 Å². The number of nitrogens with zero attached hydrogens (tertiary/aromatic N) is 2. The second kappa shape index (κ2) is 7.21. The Labute approximate surface area is 154 Å². The van der Waals surface area contributed by atoms with Crippen LogP contribution in [0.25, 0.3) is 0 Å². The molecule has 0 unspecified atom stereocenters. The average molecular weight is 408 g/mol. The second-order valence-corrected chi connectivity index (χ2v) is 8.26. The van der Waals surface area contributed by atoms with E-state index in [1.807, 2.05) is 0 Å². The van der Waals surface area contributed by atoms with Crippen LogP contribution in [0.3, 0.4) is 0 Å². The van der Waals surface area contributed by atoms with E-state index in [0.717, 1.165) is 6.42 Å². The third-order valence-corrected chi connectivity index (χ3v) is 5.99. The molecule has 0 atom stereocenters. The van der Waals surface area contributed by atoms with Gasteiger partial charge in [0.1, 0.15) is 0 Å². The van der Waals surface area contributed by atoms with Gasteiger partial charge in [0.05, 0.1) is 11.4 Å². The van der Waals surface area contributed by atoms with Crippen molar-refractivity contribution in [3.8, 4) is 0 Å². The summed E-state index contributed by atoms with van der Waals surface area (Å²) in [6.45, 7) is -0.0262. The van der Waals surface area contributed by atoms with Gasteiger partial charge in [-0.3, -0.25) is 4.68 Å². The van der Waals surface area contributed by atoms with Gasteiger partial charge >= 0.3 is 6.18 Å². The lowest BCUT2D eigenvalue weighted by Gasteiger charge is -2.15. The van der Waals surface area contributed by atoms with E-state index >= 15 is 0 Å². The van der Waals surface area contributed by atoms with Gasteiger partial charge in [0.15, 0.2) is 5.69 Å². The van der Waals surface area contributed by atoms with Gasteiger partial charge in [-0.1, -0.05) is 11.6 Å². The standard InChI is InChI=1S/C16H17ClF3N3O2S/c17-11-5-7-12(8-6-11)26(24,25)21-9-10-23-14-4-2-1-3-13(14)15(22-23)16(18,19)20/h5-8,21H,1-4,9-10H2. The molecular formula is C16H17ClF3N3O2S. The monoisotopic (exact) mass is 407 g/mol. The Morgan fingerprint density at radius 1 is 1.15 bits per heavy atom. The van der Waals surface area contributed by atoms with E-state index in [4.69, 9.17) is 11.6 Å². The molecule has 26 heavy (non-hydrogen) atoms. The number of alkyl halides is 3. The topological polar surface area (TPSA) is 64.0 Å². The summed E-state index contributed by atoms with van der Waals surface area (Å²) in [6.07, 6.45) is -2.14. The Morgan fingerprint density at radius 3 is 2.46 bits per heavy atom. The average Bonchev–Trinajstić information content (AvgIpc) is 2.94. The van der Waals surface area contributed by atoms with Crippen molar-refractivity contribution in [2.75, 3.05) is 6.54 Å². The molecule has 1 aromatic heterocycles. The molecule has 3 rings (SSSR count). The van der Waals surface area contributed by atoms with Gasteiger partial charge < -0.3 is 0 Å². The van der Waals surface area contributed by atoms with Crippen molar-refractivity contribution in [3.05, 3.63) is 46.2 Å². The molecule has 142 valence electrons. The minimum Gasteiger partial charge on any atom is -0.267 e. The largest absolute Gasteiger partial charge is 0.435 e. The zero-order chi connectivity index (χ0) is 18.9. The van der Waals surface area contributed by atoms with Gasteiger partial charge in [-0.2, -0.15) is 18.3 Å². The summed E-state index contributed by atoms with van der Waals surface area (Å²) in [5, 5.41) is 4.12. The van der Waals surface area contributed by atoms with E-state index in [1.165, 1.54) is 28.9 Å². The summed E-state index contributed by atoms with van der Waals surface area (Å²) in [7, 11) is -3.76. The van der Waals surface area contributed by atoms with Crippen molar-refractivity contribution in [3.63, 3.8) is 0 Å². The molecule has 0 aliphatic heterocycles. The second-order valence-electron chi connectivity index (χ2n) is 6.05. The number of hydrogen-bond donors (Lipinski definition) is 1. The molecule has 2 aromatic rings. The molecule has 1 aliphatic carbocycles. The lowest BCUT2D eigenvalue weighted by Crippen LogP contribution is -2.28. The fourth-order valence-electron chi connectivity index (χ4n) is 3.07. The minimum absolute atomic E-state index is 0.0330. The van der Waals surface area contributed by atoms with Crippen LogP contribution in [0.2, 0.25) is 5.02 Å². The molecule has 1 heterocycles. The molecule has 1 aliphatic rings. The quantitative estimate of drug-likeness (QED) is 0.826. The highest BCUT2D eigenvalue weighted by atomic mass is 35.5. The van der Waals surface area contributed by atoms with Gasteiger partial charge in [-0.15, -0.1) is 0 Å². The van der Waals surface area contributed by atoms with E-state index in [9.17, 15) is 21.6 Å². The summed E-state index contributed by atoms with van der Waals surface area (Å²) in [5.41, 5.74) is -0.0636. The zero-order valence-corrected chi connectivity index (χ0v) is 15.3. The summed E-state index contributed by atoms with van der Waals surface area (Å²) >= 11 is 5.73. The lowest BCUT2D eigenvalue weighted by atomic mass is 9.95. The van der Waals surface area contributed by atoms with Crippen LogP contribution in [-0.2, 0) is 35.6 Å². The maximum Gasteiger partial charge on any atom is 0.435 e. The molecule has 1 aromatic carbocycles. The van der Waals surface area contributed by atoms with Gasteiger partial charge in [0.25, 0.3) is 0 Å². The Balaban J connectivity index is 1.74. The van der Waals surface area contributed by atoms with Gasteiger partial charge in [-0.25, -0.2) is 13.1 Å². The Morgan fingerprint density at radius 2 is 1.81 bits per heavy atom. The Hall–Kier alpha value is -1.58. The molecule has 0 amide bonds. The van der Waals surface area contributed by atoms with Gasteiger partial charge in [-0.05, 0) is 49.9 Å². The molecule has 1 N–H and O–H groups in total. The number of hydrogen-bond acceptors (Lipinski definition) is 3. The highest BCUT2D eigenvalue weighted by Gasteiger charge is 2.39. The van der Waals surface area contributed by atoms with Crippen LogP contribution in [0.5, 0.6) is 0 Å². The number of halogens is 4. The highest BCUT2D eigenvalue weighted by molar-refractivity contribution is 7.89. The first-order valence-corrected chi connectivity index (χ1v) is 9.95. The van der Waals surface area contributed by atoms with Crippen molar-refractivity contribution in [1.29, 1.82) is 0 Å². The van der Waals surface area contributed by atoms with E-state index in [1.54, 1.807) is 0 Å². The van der Waals surface area contributed by atoms with E-state index in [2.05, 4.69) is 9.82 Å². The summed E-state index contributed by atoms with van der Waals surface area (Å²) in [6, 6.07) is 5.63. The molecule has 5 nitrogen and oxygen atoms in total. The van der Waals surface area contributed by atoms with Crippen molar-refractivity contribution in [2.45, 2.75) is 43.3 Å². The molecule has 10 heteroatoms. The predicted molar refractivity (Wildman–Crippen MR) is 90.5 cm³/mol. The third kappa shape index (κ3) is 4.05. The first-order chi connectivity index (χ1) is 12.2. The Bertz CT molecular complexity index is 893. The molecule has 0 saturated carbocycles. The fraction of sp³-hybridized carbons (Fsp3) is 0.438. The van der Waals surface area contributed by atoms with Crippen molar-refractivity contribution >= 4 is 21.6 Å². The number of nitrogens with one attached hydrogen (secondary N) is 1. The minimum atomic E-state index is -4.50. The summed E-state index contributed by atoms with van der Waals surface area (Å²) < 4.78 is 67.6. The Kier molecular flexibility index (Phi) is 5.32. The number of benzene rings is 1. The van der Waals surface area contributed by atoms with E-state index in [0.29, 0.717) is 30.0 Å². The molecule has 0 saturated heterocycles. The summed E-state index contributed by atoms with van der Waals surface area (Å²) in [5.74, 6) is 0. The maximum absolute atomic E-state index is 13.2. The van der Waals surface area contributed by atoms with Crippen LogP contribution in [0.1, 0.15) is 29.8 Å². The summed E-state index contributed by atoms with van der Waals surface area (Å²) in [4.78, 5) is 0.0420. The van der Waals surface area contributed by atoms with Gasteiger partial charge in [0.2, 0.25) is 10.0 Å². The number of rotatable bonds is 5. The van der Waals surface area contributed by atoms with Crippen molar-refractivity contribution < 1.29 is 21.6 Å². The molecule has 0 radical (unpaired) electrons. The number of fused-ring (bicyclic) bond motifs is 1. The maximum atomic E-state index is 13.2.